The molecule has 0 saturated heterocycles. The summed E-state index contributed by atoms with van der Waals surface area (Å²) in [6.07, 6.45) is 7.23. The number of hydrogen-bond acceptors (Lipinski definition) is 4. The van der Waals surface area contributed by atoms with Gasteiger partial charge in [0.05, 0.1) is 24.5 Å². The van der Waals surface area contributed by atoms with Crippen molar-refractivity contribution < 1.29 is 4.74 Å². The van der Waals surface area contributed by atoms with Crippen LogP contribution in [0.2, 0.25) is 0 Å². The number of ether oxygens (including phenoxy) is 1. The molecule has 1 unspecified atom stereocenters. The van der Waals surface area contributed by atoms with Gasteiger partial charge in [0.1, 0.15) is 0 Å². The minimum Gasteiger partial charge on any atom is -0.478 e. The smallest absolute Gasteiger partial charge is 0.213 e. The molecule has 0 aliphatic heterocycles. The van der Waals surface area contributed by atoms with Gasteiger partial charge in [0, 0.05) is 10.9 Å². The van der Waals surface area contributed by atoms with Crippen molar-refractivity contribution in [3.8, 4) is 5.88 Å². The van der Waals surface area contributed by atoms with Crippen LogP contribution in [0.25, 0.3) is 0 Å². The lowest BCUT2D eigenvalue weighted by atomic mass is 9.96. The molecule has 0 aromatic carbocycles. The van der Waals surface area contributed by atoms with E-state index in [1.54, 1.807) is 0 Å². The number of hydrogen-bond donors (Lipinski definition) is 1. The Balaban J connectivity index is 1.74. The Morgan fingerprint density at radius 2 is 2.19 bits per heavy atom. The highest BCUT2D eigenvalue weighted by atomic mass is 32.1. The summed E-state index contributed by atoms with van der Waals surface area (Å²) in [6, 6.07) is 8.79. The second-order valence-corrected chi connectivity index (χ2v) is 6.48. The third-order valence-electron chi connectivity index (χ3n) is 4.07. The first kappa shape index (κ1) is 14.4. The van der Waals surface area contributed by atoms with Gasteiger partial charge in [0.2, 0.25) is 5.88 Å². The molecule has 2 aromatic heterocycles. The molecule has 3 nitrogen and oxygen atoms in total. The maximum Gasteiger partial charge on any atom is 0.213 e. The van der Waals surface area contributed by atoms with Gasteiger partial charge in [-0.2, -0.15) is 0 Å². The van der Waals surface area contributed by atoms with E-state index in [-0.39, 0.29) is 0 Å². The lowest BCUT2D eigenvalue weighted by Crippen LogP contribution is -2.18. The van der Waals surface area contributed by atoms with E-state index in [2.05, 4.69) is 33.9 Å². The van der Waals surface area contributed by atoms with E-state index in [0.717, 1.165) is 11.6 Å². The van der Waals surface area contributed by atoms with Crippen LogP contribution in [-0.4, -0.2) is 11.6 Å². The fourth-order valence-electron chi connectivity index (χ4n) is 3.06. The summed E-state index contributed by atoms with van der Waals surface area (Å²) < 4.78 is 5.40. The van der Waals surface area contributed by atoms with Crippen molar-refractivity contribution >= 4 is 17.0 Å². The normalized spacial score (nSPS) is 16.8. The maximum atomic E-state index is 5.40. The van der Waals surface area contributed by atoms with Gasteiger partial charge in [-0.25, -0.2) is 4.98 Å². The SMILES string of the molecule is CCOc1ccc(NC(c2cccs2)C2CCCC2)cn1. The highest BCUT2D eigenvalue weighted by molar-refractivity contribution is 7.10. The molecule has 2 aromatic rings. The Labute approximate surface area is 130 Å². The van der Waals surface area contributed by atoms with E-state index >= 15 is 0 Å². The molecule has 1 aliphatic carbocycles. The molecule has 112 valence electrons. The highest BCUT2D eigenvalue weighted by Crippen LogP contribution is 2.39. The summed E-state index contributed by atoms with van der Waals surface area (Å²) in [5.74, 6) is 1.42. The maximum absolute atomic E-state index is 5.40. The summed E-state index contributed by atoms with van der Waals surface area (Å²) in [6.45, 7) is 2.63. The average Bonchev–Trinajstić information content (AvgIpc) is 3.20. The van der Waals surface area contributed by atoms with Gasteiger partial charge < -0.3 is 10.1 Å². The first-order chi connectivity index (χ1) is 10.4. The standard InChI is InChI=1S/C17H22N2OS/c1-2-20-16-10-9-14(12-18-16)19-17(13-6-3-4-7-13)15-8-5-11-21-15/h5,8-13,17,19H,2-4,6-7H2,1H3. The minimum absolute atomic E-state index is 0.409. The summed E-state index contributed by atoms with van der Waals surface area (Å²) in [4.78, 5) is 5.77. The summed E-state index contributed by atoms with van der Waals surface area (Å²) in [7, 11) is 0. The van der Waals surface area contributed by atoms with Gasteiger partial charge in [-0.1, -0.05) is 18.9 Å². The second kappa shape index (κ2) is 6.94. The Morgan fingerprint density at radius 3 is 2.81 bits per heavy atom. The Morgan fingerprint density at radius 1 is 1.33 bits per heavy atom. The molecule has 0 spiro atoms. The van der Waals surface area contributed by atoms with Crippen molar-refractivity contribution in [1.82, 2.24) is 4.98 Å². The first-order valence-electron chi connectivity index (χ1n) is 7.75. The summed E-state index contributed by atoms with van der Waals surface area (Å²) in [5.41, 5.74) is 1.07. The second-order valence-electron chi connectivity index (χ2n) is 5.50. The quantitative estimate of drug-likeness (QED) is 0.825. The Kier molecular flexibility index (Phi) is 4.76. The van der Waals surface area contributed by atoms with Crippen LogP contribution in [0.15, 0.2) is 35.8 Å². The number of aromatic nitrogens is 1. The molecule has 2 heterocycles. The number of anilines is 1. The molecule has 1 N–H and O–H groups in total. The molecule has 0 bridgehead atoms. The lowest BCUT2D eigenvalue weighted by Gasteiger charge is -2.24. The third kappa shape index (κ3) is 3.56. The molecular formula is C17H22N2OS. The van der Waals surface area contributed by atoms with Gasteiger partial charge >= 0.3 is 0 Å². The van der Waals surface area contributed by atoms with Crippen molar-refractivity contribution in [2.24, 2.45) is 5.92 Å². The van der Waals surface area contributed by atoms with E-state index in [1.165, 1.54) is 30.6 Å². The fourth-order valence-corrected chi connectivity index (χ4v) is 3.93. The van der Waals surface area contributed by atoms with Crippen LogP contribution in [0.4, 0.5) is 5.69 Å². The molecule has 0 amide bonds. The molecule has 1 aliphatic rings. The van der Waals surface area contributed by atoms with Crippen molar-refractivity contribution in [2.75, 3.05) is 11.9 Å². The molecule has 3 rings (SSSR count). The molecule has 21 heavy (non-hydrogen) atoms. The van der Waals surface area contributed by atoms with Gasteiger partial charge in [-0.05, 0) is 43.2 Å². The van der Waals surface area contributed by atoms with Crippen molar-refractivity contribution in [1.29, 1.82) is 0 Å². The first-order valence-corrected chi connectivity index (χ1v) is 8.63. The predicted octanol–water partition coefficient (Wildman–Crippen LogP) is 4.89. The highest BCUT2D eigenvalue weighted by Gasteiger charge is 2.27. The van der Waals surface area contributed by atoms with Gasteiger partial charge in [0.25, 0.3) is 0 Å². The molecule has 1 saturated carbocycles. The summed E-state index contributed by atoms with van der Waals surface area (Å²) >= 11 is 1.84. The van der Waals surface area contributed by atoms with Gasteiger partial charge in [-0.3, -0.25) is 0 Å². The number of pyridine rings is 1. The van der Waals surface area contributed by atoms with Crippen LogP contribution in [-0.2, 0) is 0 Å². The topological polar surface area (TPSA) is 34.1 Å². The van der Waals surface area contributed by atoms with E-state index in [0.29, 0.717) is 18.5 Å². The van der Waals surface area contributed by atoms with Crippen LogP contribution in [0.5, 0.6) is 5.88 Å². The van der Waals surface area contributed by atoms with Crippen LogP contribution in [0, 0.1) is 5.92 Å². The third-order valence-corrected chi connectivity index (χ3v) is 5.03. The Hall–Kier alpha value is -1.55. The zero-order valence-corrected chi connectivity index (χ0v) is 13.2. The zero-order chi connectivity index (χ0) is 14.5. The molecular weight excluding hydrogens is 280 g/mol. The summed E-state index contributed by atoms with van der Waals surface area (Å²) in [5, 5.41) is 5.85. The van der Waals surface area contributed by atoms with Crippen molar-refractivity contribution in [3.05, 3.63) is 40.7 Å². The zero-order valence-electron chi connectivity index (χ0n) is 12.4. The van der Waals surface area contributed by atoms with Crippen molar-refractivity contribution in [3.63, 3.8) is 0 Å². The van der Waals surface area contributed by atoms with E-state index in [4.69, 9.17) is 4.74 Å². The number of nitrogens with zero attached hydrogens (tertiary/aromatic N) is 1. The molecule has 1 atom stereocenters. The van der Waals surface area contributed by atoms with E-state index in [1.807, 2.05) is 30.5 Å². The van der Waals surface area contributed by atoms with Crippen LogP contribution < -0.4 is 10.1 Å². The van der Waals surface area contributed by atoms with Crippen LogP contribution >= 0.6 is 11.3 Å². The van der Waals surface area contributed by atoms with Crippen molar-refractivity contribution in [2.45, 2.75) is 38.6 Å². The minimum atomic E-state index is 0.409. The van der Waals surface area contributed by atoms with E-state index < -0.39 is 0 Å². The molecule has 4 heteroatoms. The number of rotatable bonds is 6. The van der Waals surface area contributed by atoms with Gasteiger partial charge in [0.15, 0.2) is 0 Å². The van der Waals surface area contributed by atoms with Gasteiger partial charge in [-0.15, -0.1) is 11.3 Å². The predicted molar refractivity (Wildman–Crippen MR) is 88.0 cm³/mol. The fraction of sp³-hybridized carbons (Fsp3) is 0.471. The monoisotopic (exact) mass is 302 g/mol. The Bertz CT molecular complexity index is 532. The number of nitrogens with one attached hydrogen (secondary N) is 1. The number of thiophene rings is 1. The molecule has 0 radical (unpaired) electrons. The molecule has 1 fully saturated rings. The van der Waals surface area contributed by atoms with Crippen LogP contribution in [0.3, 0.4) is 0 Å². The largest absolute Gasteiger partial charge is 0.478 e. The average molecular weight is 302 g/mol. The van der Waals surface area contributed by atoms with E-state index in [9.17, 15) is 0 Å². The lowest BCUT2D eigenvalue weighted by molar-refractivity contribution is 0.327. The van der Waals surface area contributed by atoms with Crippen LogP contribution in [0.1, 0.15) is 43.5 Å².